The molecule has 1 nitrogen and oxygen atoms in total. The van der Waals surface area contributed by atoms with Gasteiger partial charge in [0.2, 0.25) is 0 Å². The van der Waals surface area contributed by atoms with Gasteiger partial charge in [-0.05, 0) is 66.6 Å². The van der Waals surface area contributed by atoms with E-state index in [1.807, 2.05) is 12.1 Å². The quantitative estimate of drug-likeness (QED) is 0.669. The minimum absolute atomic E-state index is 0.818. The van der Waals surface area contributed by atoms with E-state index in [2.05, 4.69) is 68.4 Å². The van der Waals surface area contributed by atoms with E-state index in [1.165, 1.54) is 33.4 Å². The van der Waals surface area contributed by atoms with Crippen molar-refractivity contribution in [3.63, 3.8) is 0 Å². The summed E-state index contributed by atoms with van der Waals surface area (Å²) in [7, 11) is 0. The highest BCUT2D eigenvalue weighted by atomic mass is 14.5. The van der Waals surface area contributed by atoms with Gasteiger partial charge in [0, 0.05) is 5.69 Å². The molecule has 0 atom stereocenters. The van der Waals surface area contributed by atoms with Crippen LogP contribution in [0.5, 0.6) is 0 Å². The summed E-state index contributed by atoms with van der Waals surface area (Å²) in [6.07, 6.45) is 1.94. The maximum Gasteiger partial charge on any atom is 0.0314 e. The summed E-state index contributed by atoms with van der Waals surface area (Å²) in [6, 6.07) is 23.8. The standard InChI is InChI=1S/C22H23N/c1-16-3-5-19(6-4-16)15-21-10-7-20(13-17(21)2)14-18-8-11-22(23)12-9-18/h3-13H,14-15,23H2,1-2H3. The van der Waals surface area contributed by atoms with Crippen LogP contribution in [0.1, 0.15) is 33.4 Å². The van der Waals surface area contributed by atoms with Crippen molar-refractivity contribution in [1.82, 2.24) is 0 Å². The first-order valence-corrected chi connectivity index (χ1v) is 8.08. The van der Waals surface area contributed by atoms with Crippen molar-refractivity contribution in [3.8, 4) is 0 Å². The van der Waals surface area contributed by atoms with Crippen molar-refractivity contribution in [2.24, 2.45) is 0 Å². The lowest BCUT2D eigenvalue weighted by atomic mass is 9.96. The summed E-state index contributed by atoms with van der Waals surface area (Å²) in [5.41, 5.74) is 14.6. The molecule has 0 aliphatic rings. The first-order valence-electron chi connectivity index (χ1n) is 8.08. The molecule has 0 fully saturated rings. The van der Waals surface area contributed by atoms with Crippen LogP contribution in [0.2, 0.25) is 0 Å². The lowest BCUT2D eigenvalue weighted by molar-refractivity contribution is 1.12. The van der Waals surface area contributed by atoms with Gasteiger partial charge in [-0.3, -0.25) is 0 Å². The maximum atomic E-state index is 5.75. The van der Waals surface area contributed by atoms with Gasteiger partial charge in [0.15, 0.2) is 0 Å². The number of rotatable bonds is 4. The Labute approximate surface area is 138 Å². The summed E-state index contributed by atoms with van der Waals surface area (Å²) >= 11 is 0. The van der Waals surface area contributed by atoms with Gasteiger partial charge in [-0.25, -0.2) is 0 Å². The minimum atomic E-state index is 0.818. The third kappa shape index (κ3) is 4.01. The van der Waals surface area contributed by atoms with Crippen LogP contribution in [-0.2, 0) is 12.8 Å². The van der Waals surface area contributed by atoms with Crippen LogP contribution in [-0.4, -0.2) is 0 Å². The zero-order chi connectivity index (χ0) is 16.2. The van der Waals surface area contributed by atoms with Crippen LogP contribution >= 0.6 is 0 Å². The second-order valence-electron chi connectivity index (χ2n) is 6.34. The van der Waals surface area contributed by atoms with Crippen LogP contribution in [0.3, 0.4) is 0 Å². The first-order chi connectivity index (χ1) is 11.1. The van der Waals surface area contributed by atoms with E-state index in [9.17, 15) is 0 Å². The Kier molecular flexibility index (Phi) is 4.47. The number of aryl methyl sites for hydroxylation is 2. The van der Waals surface area contributed by atoms with Crippen LogP contribution < -0.4 is 5.73 Å². The Hall–Kier alpha value is -2.54. The number of benzene rings is 3. The van der Waals surface area contributed by atoms with E-state index in [1.54, 1.807) is 0 Å². The zero-order valence-corrected chi connectivity index (χ0v) is 13.8. The van der Waals surface area contributed by atoms with Gasteiger partial charge in [-0.15, -0.1) is 0 Å². The van der Waals surface area contributed by atoms with E-state index < -0.39 is 0 Å². The molecule has 1 heteroatoms. The molecular weight excluding hydrogens is 278 g/mol. The average molecular weight is 301 g/mol. The summed E-state index contributed by atoms with van der Waals surface area (Å²) in [5.74, 6) is 0. The van der Waals surface area contributed by atoms with Crippen molar-refractivity contribution >= 4 is 5.69 Å². The van der Waals surface area contributed by atoms with Crippen LogP contribution in [0.4, 0.5) is 5.69 Å². The third-order valence-corrected chi connectivity index (χ3v) is 4.31. The molecule has 0 radical (unpaired) electrons. The van der Waals surface area contributed by atoms with Crippen molar-refractivity contribution < 1.29 is 0 Å². The number of anilines is 1. The first kappa shape index (κ1) is 15.4. The molecule has 3 aromatic carbocycles. The molecule has 23 heavy (non-hydrogen) atoms. The van der Waals surface area contributed by atoms with E-state index in [4.69, 9.17) is 5.73 Å². The molecule has 0 saturated heterocycles. The van der Waals surface area contributed by atoms with Crippen LogP contribution in [0.15, 0.2) is 66.7 Å². The molecule has 0 heterocycles. The molecule has 0 unspecified atom stereocenters. The molecule has 0 amide bonds. The Morgan fingerprint density at radius 1 is 0.652 bits per heavy atom. The highest BCUT2D eigenvalue weighted by Gasteiger charge is 2.03. The third-order valence-electron chi connectivity index (χ3n) is 4.31. The number of hydrogen-bond donors (Lipinski definition) is 1. The SMILES string of the molecule is Cc1ccc(Cc2ccc(Cc3ccc(N)cc3)cc2C)cc1. The van der Waals surface area contributed by atoms with Gasteiger partial charge in [-0.1, -0.05) is 60.2 Å². The second kappa shape index (κ2) is 6.70. The van der Waals surface area contributed by atoms with E-state index in [-0.39, 0.29) is 0 Å². The monoisotopic (exact) mass is 301 g/mol. The van der Waals surface area contributed by atoms with Crippen molar-refractivity contribution in [2.75, 3.05) is 5.73 Å². The molecule has 0 bridgehead atoms. The van der Waals surface area contributed by atoms with Crippen LogP contribution in [0.25, 0.3) is 0 Å². The van der Waals surface area contributed by atoms with Gasteiger partial charge < -0.3 is 5.73 Å². The predicted octanol–water partition coefficient (Wildman–Crippen LogP) is 5.07. The molecule has 116 valence electrons. The molecule has 0 spiro atoms. The largest absolute Gasteiger partial charge is 0.399 e. The molecule has 3 rings (SSSR count). The fourth-order valence-corrected chi connectivity index (χ4v) is 2.86. The lowest BCUT2D eigenvalue weighted by Crippen LogP contribution is -1.95. The van der Waals surface area contributed by atoms with E-state index in [0.29, 0.717) is 0 Å². The van der Waals surface area contributed by atoms with Crippen LogP contribution in [0, 0.1) is 13.8 Å². The van der Waals surface area contributed by atoms with Crippen molar-refractivity contribution in [3.05, 3.63) is 100 Å². The summed E-state index contributed by atoms with van der Waals surface area (Å²) in [6.45, 7) is 4.33. The molecule has 0 saturated carbocycles. The average Bonchev–Trinajstić information content (AvgIpc) is 2.54. The molecule has 0 aliphatic heterocycles. The summed E-state index contributed by atoms with van der Waals surface area (Å²) in [4.78, 5) is 0. The Morgan fingerprint density at radius 2 is 1.22 bits per heavy atom. The predicted molar refractivity (Wildman–Crippen MR) is 98.8 cm³/mol. The normalized spacial score (nSPS) is 10.7. The Bertz CT molecular complexity index is 783. The minimum Gasteiger partial charge on any atom is -0.399 e. The fraction of sp³-hybridized carbons (Fsp3) is 0.182. The second-order valence-corrected chi connectivity index (χ2v) is 6.34. The number of nitrogen functional groups attached to an aromatic ring is 1. The Morgan fingerprint density at radius 3 is 1.87 bits per heavy atom. The lowest BCUT2D eigenvalue weighted by Gasteiger charge is -2.10. The molecule has 0 aliphatic carbocycles. The highest BCUT2D eigenvalue weighted by molar-refractivity contribution is 5.42. The smallest absolute Gasteiger partial charge is 0.0314 e. The zero-order valence-electron chi connectivity index (χ0n) is 13.8. The van der Waals surface area contributed by atoms with Gasteiger partial charge in [-0.2, -0.15) is 0 Å². The summed E-state index contributed by atoms with van der Waals surface area (Å²) in [5, 5.41) is 0. The summed E-state index contributed by atoms with van der Waals surface area (Å²) < 4.78 is 0. The topological polar surface area (TPSA) is 26.0 Å². The Balaban J connectivity index is 1.75. The molecule has 0 aromatic heterocycles. The van der Waals surface area contributed by atoms with E-state index in [0.717, 1.165) is 18.5 Å². The van der Waals surface area contributed by atoms with Crippen molar-refractivity contribution in [2.45, 2.75) is 26.7 Å². The number of hydrogen-bond acceptors (Lipinski definition) is 1. The van der Waals surface area contributed by atoms with E-state index >= 15 is 0 Å². The van der Waals surface area contributed by atoms with Gasteiger partial charge in [0.25, 0.3) is 0 Å². The van der Waals surface area contributed by atoms with Gasteiger partial charge >= 0.3 is 0 Å². The molecule has 3 aromatic rings. The van der Waals surface area contributed by atoms with Gasteiger partial charge in [0.05, 0.1) is 0 Å². The van der Waals surface area contributed by atoms with Gasteiger partial charge in [0.1, 0.15) is 0 Å². The number of nitrogens with two attached hydrogens (primary N) is 1. The highest BCUT2D eigenvalue weighted by Crippen LogP contribution is 2.19. The van der Waals surface area contributed by atoms with Crippen molar-refractivity contribution in [1.29, 1.82) is 0 Å². The maximum absolute atomic E-state index is 5.75. The molecular formula is C22H23N. The molecule has 2 N–H and O–H groups in total. The fourth-order valence-electron chi connectivity index (χ4n) is 2.86.